The molecule has 8 heteroatoms. The van der Waals surface area contributed by atoms with Crippen molar-refractivity contribution in [2.24, 2.45) is 5.92 Å². The lowest BCUT2D eigenvalue weighted by molar-refractivity contribution is 0.103. The van der Waals surface area contributed by atoms with Gasteiger partial charge in [0, 0.05) is 24.2 Å². The summed E-state index contributed by atoms with van der Waals surface area (Å²) in [5.41, 5.74) is 1.06. The molecular formula is C18H19N3O3S2. The maximum atomic E-state index is 12.8. The number of hydrogen-bond donors (Lipinski definition) is 1. The summed E-state index contributed by atoms with van der Waals surface area (Å²) in [5, 5.41) is 13.0. The highest BCUT2D eigenvalue weighted by atomic mass is 32.2. The number of sulfonamides is 1. The van der Waals surface area contributed by atoms with E-state index in [1.165, 1.54) is 15.8 Å². The lowest BCUT2D eigenvalue weighted by atomic mass is 10.0. The highest BCUT2D eigenvalue weighted by molar-refractivity contribution is 7.89. The number of nitriles is 1. The zero-order chi connectivity index (χ0) is 18.7. The molecular weight excluding hydrogens is 370 g/mol. The van der Waals surface area contributed by atoms with E-state index in [9.17, 15) is 13.2 Å². The van der Waals surface area contributed by atoms with Crippen LogP contribution >= 0.6 is 11.3 Å². The number of carbonyl (C=O) groups is 1. The Balaban J connectivity index is 1.74. The molecule has 1 amide bonds. The molecule has 0 radical (unpaired) electrons. The Morgan fingerprint density at radius 1 is 1.35 bits per heavy atom. The van der Waals surface area contributed by atoms with Gasteiger partial charge in [0.25, 0.3) is 5.91 Å². The summed E-state index contributed by atoms with van der Waals surface area (Å²) in [6, 6.07) is 9.93. The van der Waals surface area contributed by atoms with Crippen LogP contribution in [0.25, 0.3) is 0 Å². The van der Waals surface area contributed by atoms with Gasteiger partial charge in [-0.2, -0.15) is 9.57 Å². The topological polar surface area (TPSA) is 90.3 Å². The van der Waals surface area contributed by atoms with Gasteiger partial charge in [-0.3, -0.25) is 4.79 Å². The van der Waals surface area contributed by atoms with Gasteiger partial charge in [-0.1, -0.05) is 6.92 Å². The van der Waals surface area contributed by atoms with Crippen LogP contribution < -0.4 is 5.32 Å². The molecule has 1 aromatic heterocycles. The first-order chi connectivity index (χ1) is 12.4. The highest BCUT2D eigenvalue weighted by Crippen LogP contribution is 2.27. The average molecular weight is 390 g/mol. The standard InChI is InChI=1S/C18H19N3O3S2/c1-13-3-2-8-21(11-13)26(23,24)16-9-17(25-12-16)18(22)20-15-6-4-14(10-19)5-7-15/h4-7,9,12-13H,2-3,8,11H2,1H3,(H,20,22)/t13-/m1/s1. The van der Waals surface area contributed by atoms with Crippen molar-refractivity contribution in [3.8, 4) is 6.07 Å². The molecule has 1 aliphatic heterocycles. The van der Waals surface area contributed by atoms with Crippen molar-refractivity contribution < 1.29 is 13.2 Å². The number of nitrogens with one attached hydrogen (secondary N) is 1. The predicted octanol–water partition coefficient (Wildman–Crippen LogP) is 3.29. The molecule has 1 aliphatic rings. The van der Waals surface area contributed by atoms with E-state index >= 15 is 0 Å². The second kappa shape index (κ2) is 7.58. The van der Waals surface area contributed by atoms with Crippen LogP contribution in [0, 0.1) is 17.2 Å². The van der Waals surface area contributed by atoms with Gasteiger partial charge in [0.15, 0.2) is 0 Å². The predicted molar refractivity (Wildman–Crippen MR) is 101 cm³/mol. The molecule has 0 unspecified atom stereocenters. The Hall–Kier alpha value is -2.21. The second-order valence-corrected chi connectivity index (χ2v) is 9.25. The van der Waals surface area contributed by atoms with E-state index in [0.717, 1.165) is 24.2 Å². The number of anilines is 1. The molecule has 2 heterocycles. The molecule has 1 atom stereocenters. The molecule has 1 N–H and O–H groups in total. The van der Waals surface area contributed by atoms with Gasteiger partial charge >= 0.3 is 0 Å². The minimum absolute atomic E-state index is 0.168. The molecule has 0 spiro atoms. The SMILES string of the molecule is C[C@@H]1CCCN(S(=O)(=O)c2csc(C(=O)Nc3ccc(C#N)cc3)c2)C1. The van der Waals surface area contributed by atoms with Crippen molar-refractivity contribution >= 4 is 33.0 Å². The minimum atomic E-state index is -3.56. The third-order valence-electron chi connectivity index (χ3n) is 4.33. The molecule has 0 saturated carbocycles. The number of amides is 1. The van der Waals surface area contributed by atoms with Crippen LogP contribution in [-0.4, -0.2) is 31.7 Å². The van der Waals surface area contributed by atoms with E-state index in [1.807, 2.05) is 13.0 Å². The minimum Gasteiger partial charge on any atom is -0.321 e. The molecule has 136 valence electrons. The lowest BCUT2D eigenvalue weighted by Crippen LogP contribution is -2.38. The summed E-state index contributed by atoms with van der Waals surface area (Å²) in [5.74, 6) is -0.0236. The molecule has 0 bridgehead atoms. The zero-order valence-electron chi connectivity index (χ0n) is 14.3. The van der Waals surface area contributed by atoms with E-state index < -0.39 is 10.0 Å². The van der Waals surface area contributed by atoms with Crippen LogP contribution in [0.2, 0.25) is 0 Å². The summed E-state index contributed by atoms with van der Waals surface area (Å²) in [6.45, 7) is 3.09. The van der Waals surface area contributed by atoms with Crippen molar-refractivity contribution in [3.05, 3.63) is 46.2 Å². The first kappa shape index (κ1) is 18.6. The Kier molecular flexibility index (Phi) is 5.41. The summed E-state index contributed by atoms with van der Waals surface area (Å²) >= 11 is 1.11. The Bertz CT molecular complexity index is 943. The zero-order valence-corrected chi connectivity index (χ0v) is 15.9. The van der Waals surface area contributed by atoms with Crippen LogP contribution in [0.4, 0.5) is 5.69 Å². The van der Waals surface area contributed by atoms with Crippen LogP contribution in [0.5, 0.6) is 0 Å². The summed E-state index contributed by atoms with van der Waals surface area (Å²) < 4.78 is 27.0. The number of thiophene rings is 1. The third kappa shape index (κ3) is 3.96. The Labute approximate surface area is 157 Å². The maximum Gasteiger partial charge on any atom is 0.265 e. The monoisotopic (exact) mass is 389 g/mol. The molecule has 2 aromatic rings. The van der Waals surface area contributed by atoms with Crippen LogP contribution in [-0.2, 0) is 10.0 Å². The first-order valence-corrected chi connectivity index (χ1v) is 10.6. The van der Waals surface area contributed by atoms with Gasteiger partial charge in [0.2, 0.25) is 10.0 Å². The number of nitrogens with zero attached hydrogens (tertiary/aromatic N) is 2. The van der Waals surface area contributed by atoms with Crippen LogP contribution in [0.3, 0.4) is 0 Å². The number of carbonyl (C=O) groups excluding carboxylic acids is 1. The number of benzene rings is 1. The second-order valence-electron chi connectivity index (χ2n) is 6.40. The summed E-state index contributed by atoms with van der Waals surface area (Å²) in [4.78, 5) is 12.9. The number of rotatable bonds is 4. The van der Waals surface area contributed by atoms with E-state index in [2.05, 4.69) is 5.32 Å². The maximum absolute atomic E-state index is 12.8. The van der Waals surface area contributed by atoms with Crippen LogP contribution in [0.15, 0.2) is 40.6 Å². The molecule has 6 nitrogen and oxygen atoms in total. The van der Waals surface area contributed by atoms with E-state index in [4.69, 9.17) is 5.26 Å². The number of hydrogen-bond acceptors (Lipinski definition) is 5. The van der Waals surface area contributed by atoms with E-state index in [1.54, 1.807) is 24.3 Å². The summed E-state index contributed by atoms with van der Waals surface area (Å²) in [7, 11) is -3.56. The van der Waals surface area contributed by atoms with Crippen molar-refractivity contribution in [2.75, 3.05) is 18.4 Å². The van der Waals surface area contributed by atoms with Crippen molar-refractivity contribution in [2.45, 2.75) is 24.7 Å². The lowest BCUT2D eigenvalue weighted by Gasteiger charge is -2.29. The largest absolute Gasteiger partial charge is 0.321 e. The summed E-state index contributed by atoms with van der Waals surface area (Å²) in [6.07, 6.45) is 1.89. The van der Waals surface area contributed by atoms with Crippen molar-refractivity contribution in [1.29, 1.82) is 5.26 Å². The molecule has 1 fully saturated rings. The van der Waals surface area contributed by atoms with Crippen molar-refractivity contribution in [3.63, 3.8) is 0 Å². The molecule has 1 saturated heterocycles. The fraction of sp³-hybridized carbons (Fsp3) is 0.333. The smallest absolute Gasteiger partial charge is 0.265 e. The molecule has 1 aromatic carbocycles. The van der Waals surface area contributed by atoms with Gasteiger partial charge in [0.1, 0.15) is 0 Å². The normalized spacial score (nSPS) is 18.2. The van der Waals surface area contributed by atoms with Gasteiger partial charge in [0.05, 0.1) is 21.4 Å². The molecule has 3 rings (SSSR count). The quantitative estimate of drug-likeness (QED) is 0.869. The third-order valence-corrected chi connectivity index (χ3v) is 7.25. The Morgan fingerprint density at radius 3 is 2.73 bits per heavy atom. The average Bonchev–Trinajstić information content (AvgIpc) is 3.13. The van der Waals surface area contributed by atoms with E-state index in [-0.39, 0.29) is 10.8 Å². The van der Waals surface area contributed by atoms with Gasteiger partial charge in [-0.05, 0) is 49.1 Å². The fourth-order valence-electron chi connectivity index (χ4n) is 2.91. The van der Waals surface area contributed by atoms with Gasteiger partial charge < -0.3 is 5.32 Å². The first-order valence-electron chi connectivity index (χ1n) is 8.30. The van der Waals surface area contributed by atoms with Crippen LogP contribution in [0.1, 0.15) is 35.0 Å². The number of piperidine rings is 1. The van der Waals surface area contributed by atoms with E-state index in [0.29, 0.717) is 35.1 Å². The molecule has 0 aliphatic carbocycles. The Morgan fingerprint density at radius 2 is 2.08 bits per heavy atom. The van der Waals surface area contributed by atoms with Crippen molar-refractivity contribution in [1.82, 2.24) is 4.31 Å². The van der Waals surface area contributed by atoms with Gasteiger partial charge in [-0.15, -0.1) is 11.3 Å². The highest BCUT2D eigenvalue weighted by Gasteiger charge is 2.30. The van der Waals surface area contributed by atoms with Gasteiger partial charge in [-0.25, -0.2) is 8.42 Å². The molecule has 26 heavy (non-hydrogen) atoms. The fourth-order valence-corrected chi connectivity index (χ4v) is 5.66.